The Bertz CT molecular complexity index is 260. The Morgan fingerprint density at radius 3 is 2.56 bits per heavy atom. The highest BCUT2D eigenvalue weighted by atomic mass is 79.9. The maximum atomic E-state index is 9.39. The van der Waals surface area contributed by atoms with Crippen molar-refractivity contribution in [1.82, 2.24) is 4.81 Å². The van der Waals surface area contributed by atoms with Gasteiger partial charge in [0.1, 0.15) is 6.10 Å². The predicted molar refractivity (Wildman–Crippen MR) is 74.6 cm³/mol. The van der Waals surface area contributed by atoms with Crippen LogP contribution < -0.4 is 0 Å². The summed E-state index contributed by atoms with van der Waals surface area (Å²) in [7, 11) is -0.344. The monoisotopic (exact) mass is 351 g/mol. The summed E-state index contributed by atoms with van der Waals surface area (Å²) < 4.78 is 6.48. The summed E-state index contributed by atoms with van der Waals surface area (Å²) in [6.45, 7) is 3.60. The van der Waals surface area contributed by atoms with E-state index in [1.165, 1.54) is 0 Å². The Balaban J connectivity index is 2.22. The van der Waals surface area contributed by atoms with Crippen LogP contribution >= 0.6 is 31.9 Å². The Hall–Kier alpha value is 0.225. The molecule has 1 N–H and O–H groups in total. The maximum Gasteiger partial charge on any atom is 0.376 e. The van der Waals surface area contributed by atoms with E-state index >= 15 is 0 Å². The Morgan fingerprint density at radius 2 is 2.06 bits per heavy atom. The van der Waals surface area contributed by atoms with Gasteiger partial charge in [0, 0.05) is 0 Å². The molecule has 90 valence electrons. The van der Waals surface area contributed by atoms with Crippen molar-refractivity contribution in [3.05, 3.63) is 21.8 Å². The van der Waals surface area contributed by atoms with Crippen LogP contribution in [0, 0.1) is 0 Å². The van der Waals surface area contributed by atoms with Crippen molar-refractivity contribution in [1.29, 1.82) is 0 Å². The first-order valence-corrected chi connectivity index (χ1v) is 6.93. The minimum atomic E-state index is -0.344. The van der Waals surface area contributed by atoms with Crippen molar-refractivity contribution in [2.75, 3.05) is 13.1 Å². The van der Waals surface area contributed by atoms with Gasteiger partial charge in [0.15, 0.2) is 0 Å². The van der Waals surface area contributed by atoms with Crippen LogP contribution in [-0.2, 0) is 4.74 Å². The normalized spacial score (nSPS) is 18.8. The molecule has 16 heavy (non-hydrogen) atoms. The number of piperidine rings is 1. The molecule has 0 radical (unpaired) electrons. The second-order valence-corrected chi connectivity index (χ2v) is 6.56. The molecule has 0 amide bonds. The number of hydrogen-bond acceptors (Lipinski definition) is 3. The molecule has 3 nitrogen and oxygen atoms in total. The lowest BCUT2D eigenvalue weighted by atomic mass is 9.82. The molecule has 0 aromatic heterocycles. The maximum absolute atomic E-state index is 9.39. The third-order valence-corrected chi connectivity index (χ3v) is 3.11. The first kappa shape index (κ1) is 14.3. The molecule has 1 fully saturated rings. The van der Waals surface area contributed by atoms with Gasteiger partial charge in [-0.2, -0.15) is 0 Å². The van der Waals surface area contributed by atoms with Gasteiger partial charge >= 0.3 is 7.05 Å². The van der Waals surface area contributed by atoms with Gasteiger partial charge in [0.2, 0.25) is 0 Å². The summed E-state index contributed by atoms with van der Waals surface area (Å²) in [5.41, 5.74) is 0. The fraction of sp³-hybridized carbons (Fsp3) is 0.600. The van der Waals surface area contributed by atoms with Crippen molar-refractivity contribution in [2.45, 2.75) is 25.8 Å². The minimum absolute atomic E-state index is 0.272. The second kappa shape index (κ2) is 7.53. The highest BCUT2D eigenvalue weighted by molar-refractivity contribution is 9.28. The van der Waals surface area contributed by atoms with Crippen molar-refractivity contribution in [3.63, 3.8) is 0 Å². The highest BCUT2D eigenvalue weighted by Gasteiger charge is 2.23. The minimum Gasteiger partial charge on any atom is -0.498 e. The standard InChI is InChI=1S/C10H16BBr2NO2/c1-11(15)14-6-4-9(5-7-14)16-8-2-3-10(12)13/h2-3,8-9,15H,4-7H2,1H3/b8-2+. The van der Waals surface area contributed by atoms with E-state index in [0.29, 0.717) is 0 Å². The molecule has 1 heterocycles. The van der Waals surface area contributed by atoms with Gasteiger partial charge in [-0.05, 0) is 76.8 Å². The predicted octanol–water partition coefficient (Wildman–Crippen LogP) is 2.72. The number of rotatable bonds is 4. The molecule has 0 aromatic carbocycles. The zero-order chi connectivity index (χ0) is 12.0. The van der Waals surface area contributed by atoms with E-state index < -0.39 is 0 Å². The lowest BCUT2D eigenvalue weighted by Crippen LogP contribution is -2.44. The molecular weight excluding hydrogens is 337 g/mol. The van der Waals surface area contributed by atoms with Crippen LogP contribution in [0.15, 0.2) is 21.8 Å². The fourth-order valence-electron chi connectivity index (χ4n) is 1.65. The molecule has 0 bridgehead atoms. The lowest BCUT2D eigenvalue weighted by Gasteiger charge is -2.31. The van der Waals surface area contributed by atoms with Crippen molar-refractivity contribution in [2.24, 2.45) is 0 Å². The van der Waals surface area contributed by atoms with Crippen LogP contribution in [0.25, 0.3) is 0 Å². The van der Waals surface area contributed by atoms with Crippen molar-refractivity contribution < 1.29 is 9.76 Å². The van der Waals surface area contributed by atoms with E-state index in [1.807, 2.05) is 12.2 Å². The summed E-state index contributed by atoms with van der Waals surface area (Å²) in [5.74, 6) is 0. The van der Waals surface area contributed by atoms with E-state index in [-0.39, 0.29) is 13.2 Å². The summed E-state index contributed by atoms with van der Waals surface area (Å²) in [6, 6.07) is 0. The van der Waals surface area contributed by atoms with Gasteiger partial charge in [-0.1, -0.05) is 0 Å². The van der Waals surface area contributed by atoms with Gasteiger partial charge < -0.3 is 14.6 Å². The van der Waals surface area contributed by atoms with Gasteiger partial charge in [0.25, 0.3) is 0 Å². The van der Waals surface area contributed by atoms with Crippen LogP contribution in [0.3, 0.4) is 0 Å². The number of ether oxygens (including phenoxy) is 1. The topological polar surface area (TPSA) is 32.7 Å². The number of allylic oxidation sites excluding steroid dienone is 2. The Morgan fingerprint density at radius 1 is 1.44 bits per heavy atom. The van der Waals surface area contributed by atoms with Gasteiger partial charge in [0.05, 0.1) is 9.65 Å². The molecule has 1 saturated heterocycles. The Kier molecular flexibility index (Phi) is 6.72. The average molecular weight is 353 g/mol. The van der Waals surface area contributed by atoms with Crippen LogP contribution in [0.1, 0.15) is 12.8 Å². The first-order chi connectivity index (χ1) is 7.59. The number of halogens is 2. The van der Waals surface area contributed by atoms with Gasteiger partial charge in [-0.15, -0.1) is 0 Å². The second-order valence-electron chi connectivity index (χ2n) is 3.79. The SMILES string of the molecule is CB(O)N1CCC(O/C=C/C=C(Br)Br)CC1. The van der Waals surface area contributed by atoms with E-state index in [2.05, 4.69) is 36.7 Å². The molecule has 0 spiro atoms. The largest absolute Gasteiger partial charge is 0.498 e. The summed E-state index contributed by atoms with van der Waals surface area (Å²) in [6.07, 6.45) is 7.63. The molecule has 1 aliphatic rings. The summed E-state index contributed by atoms with van der Waals surface area (Å²) >= 11 is 6.52. The van der Waals surface area contributed by atoms with E-state index in [0.717, 1.165) is 29.3 Å². The van der Waals surface area contributed by atoms with Crippen LogP contribution in [0.4, 0.5) is 0 Å². The smallest absolute Gasteiger partial charge is 0.376 e. The third-order valence-electron chi connectivity index (χ3n) is 2.58. The zero-order valence-electron chi connectivity index (χ0n) is 9.27. The molecule has 0 saturated carbocycles. The molecule has 1 rings (SSSR count). The fourth-order valence-corrected chi connectivity index (χ4v) is 1.96. The third kappa shape index (κ3) is 5.52. The van der Waals surface area contributed by atoms with E-state index in [1.54, 1.807) is 13.1 Å². The molecule has 0 unspecified atom stereocenters. The van der Waals surface area contributed by atoms with Crippen LogP contribution in [-0.4, -0.2) is 36.1 Å². The molecule has 6 heteroatoms. The van der Waals surface area contributed by atoms with Crippen LogP contribution in [0.2, 0.25) is 6.82 Å². The number of hydrogen-bond donors (Lipinski definition) is 1. The first-order valence-electron chi connectivity index (χ1n) is 5.35. The molecular formula is C10H16BBr2NO2. The van der Waals surface area contributed by atoms with Crippen molar-refractivity contribution >= 4 is 38.9 Å². The quantitative estimate of drug-likeness (QED) is 0.480. The van der Waals surface area contributed by atoms with Gasteiger partial charge in [-0.25, -0.2) is 0 Å². The zero-order valence-corrected chi connectivity index (χ0v) is 12.4. The molecule has 0 aromatic rings. The molecule has 1 aliphatic heterocycles. The molecule has 0 aliphatic carbocycles. The van der Waals surface area contributed by atoms with E-state index in [4.69, 9.17) is 4.74 Å². The van der Waals surface area contributed by atoms with E-state index in [9.17, 15) is 5.02 Å². The summed E-state index contributed by atoms with van der Waals surface area (Å²) in [5, 5.41) is 9.39. The lowest BCUT2D eigenvalue weighted by molar-refractivity contribution is 0.0874. The average Bonchev–Trinajstić information content (AvgIpc) is 2.25. The summed E-state index contributed by atoms with van der Waals surface area (Å²) in [4.78, 5) is 2.05. The Labute approximate surface area is 114 Å². The van der Waals surface area contributed by atoms with Crippen LogP contribution in [0.5, 0.6) is 0 Å². The van der Waals surface area contributed by atoms with Gasteiger partial charge in [-0.3, -0.25) is 0 Å². The number of nitrogens with zero attached hydrogens (tertiary/aromatic N) is 1. The molecule has 0 atom stereocenters. The van der Waals surface area contributed by atoms with Crippen molar-refractivity contribution in [3.8, 4) is 0 Å². The highest BCUT2D eigenvalue weighted by Crippen LogP contribution is 2.15.